The third-order valence-electron chi connectivity index (χ3n) is 1.07. The molecule has 0 saturated heterocycles. The quantitative estimate of drug-likeness (QED) is 0.519. The predicted octanol–water partition coefficient (Wildman–Crippen LogP) is 1.27. The zero-order valence-corrected chi connectivity index (χ0v) is 5.89. The molecule has 0 aromatic carbocycles. The van der Waals surface area contributed by atoms with Crippen molar-refractivity contribution >= 4 is 11.6 Å². The smallest absolute Gasteiger partial charge is 0.151 e. The Labute approximate surface area is 67.1 Å². The van der Waals surface area contributed by atoms with Gasteiger partial charge in [0.1, 0.15) is 0 Å². The van der Waals surface area contributed by atoms with E-state index in [1.807, 2.05) is 0 Å². The molecule has 0 amide bonds. The van der Waals surface area contributed by atoms with Crippen molar-refractivity contribution in [2.75, 3.05) is 10.9 Å². The fourth-order valence-corrected chi connectivity index (χ4v) is 0.653. The lowest BCUT2D eigenvalue weighted by Gasteiger charge is -1.97. The lowest BCUT2D eigenvalue weighted by atomic mass is 10.4. The van der Waals surface area contributed by atoms with Crippen LogP contribution < -0.4 is 10.9 Å². The summed E-state index contributed by atoms with van der Waals surface area (Å²) in [6.07, 6.45) is 0. The molecule has 12 heavy (non-hydrogen) atoms. The Balaban J connectivity index is 2.79. The molecule has 0 radical (unpaired) electrons. The van der Waals surface area contributed by atoms with Crippen LogP contribution in [0.2, 0.25) is 0 Å². The summed E-state index contributed by atoms with van der Waals surface area (Å²) in [5.41, 5.74) is 4.16. The van der Waals surface area contributed by atoms with Crippen molar-refractivity contribution in [3.8, 4) is 0 Å². The highest BCUT2D eigenvalue weighted by Crippen LogP contribution is 2.08. The van der Waals surface area contributed by atoms with E-state index in [1.54, 1.807) is 6.07 Å². The number of hydrogen-bond acceptors (Lipinski definition) is 5. The molecule has 0 aliphatic carbocycles. The van der Waals surface area contributed by atoms with Crippen molar-refractivity contribution in [2.45, 2.75) is 0 Å². The van der Waals surface area contributed by atoms with Crippen LogP contribution in [-0.2, 0) is 0 Å². The van der Waals surface area contributed by atoms with Gasteiger partial charge in [0.15, 0.2) is 11.6 Å². The van der Waals surface area contributed by atoms with E-state index in [9.17, 15) is 9.81 Å². The van der Waals surface area contributed by atoms with E-state index in [0.29, 0.717) is 0 Å². The number of anilines is 2. The van der Waals surface area contributed by atoms with Gasteiger partial charge in [0, 0.05) is 0 Å². The molecule has 62 valence electrons. The number of nitrogens with one attached hydrogen (secondary N) is 2. The van der Waals surface area contributed by atoms with Crippen LogP contribution >= 0.6 is 0 Å². The fourth-order valence-electron chi connectivity index (χ4n) is 0.653. The summed E-state index contributed by atoms with van der Waals surface area (Å²) in [4.78, 5) is 23.2. The van der Waals surface area contributed by atoms with Gasteiger partial charge in [-0.2, -0.15) is 0 Å². The van der Waals surface area contributed by atoms with Gasteiger partial charge >= 0.3 is 0 Å². The first-order chi connectivity index (χ1) is 5.86. The highest BCUT2D eigenvalue weighted by Gasteiger charge is 1.94. The van der Waals surface area contributed by atoms with Gasteiger partial charge in [0.05, 0.1) is 10.6 Å². The number of hydrogen-bond donors (Lipinski definition) is 2. The maximum Gasteiger partial charge on any atom is 0.151 e. The molecule has 7 heteroatoms. The number of nitroso groups, excluding NO2 is 2. The second kappa shape index (κ2) is 3.96. The van der Waals surface area contributed by atoms with Crippen molar-refractivity contribution in [3.63, 3.8) is 0 Å². The first-order valence-corrected chi connectivity index (χ1v) is 3.00. The topological polar surface area (TPSA) is 95.8 Å². The molecular weight excluding hydrogens is 162 g/mol. The van der Waals surface area contributed by atoms with Gasteiger partial charge in [-0.1, -0.05) is 6.07 Å². The summed E-state index contributed by atoms with van der Waals surface area (Å²) in [6.45, 7) is 0. The molecule has 0 unspecified atom stereocenters. The normalized spacial score (nSPS) is 8.67. The largest absolute Gasteiger partial charge is 0.224 e. The average molecular weight is 167 g/mol. The van der Waals surface area contributed by atoms with Crippen molar-refractivity contribution in [1.29, 1.82) is 0 Å². The van der Waals surface area contributed by atoms with E-state index in [1.165, 1.54) is 12.1 Å². The van der Waals surface area contributed by atoms with E-state index < -0.39 is 0 Å². The van der Waals surface area contributed by atoms with Crippen LogP contribution in [0, 0.1) is 9.81 Å². The van der Waals surface area contributed by atoms with Crippen LogP contribution in [-0.4, -0.2) is 4.98 Å². The summed E-state index contributed by atoms with van der Waals surface area (Å²) in [6, 6.07) is 4.64. The van der Waals surface area contributed by atoms with Crippen LogP contribution in [0.5, 0.6) is 0 Å². The lowest BCUT2D eigenvalue weighted by Crippen LogP contribution is -1.94. The molecule has 1 heterocycles. The third-order valence-corrected chi connectivity index (χ3v) is 1.07. The minimum Gasteiger partial charge on any atom is -0.224 e. The summed E-state index contributed by atoms with van der Waals surface area (Å²) < 4.78 is 0. The Hall–Kier alpha value is -2.05. The highest BCUT2D eigenvalue weighted by molar-refractivity contribution is 5.43. The molecule has 0 fully saturated rings. The SMILES string of the molecule is O=NNc1cccc(NN=O)n1. The molecule has 0 aliphatic heterocycles. The molecule has 0 atom stereocenters. The second-order valence-electron chi connectivity index (χ2n) is 1.81. The Morgan fingerprint density at radius 1 is 1.08 bits per heavy atom. The Morgan fingerprint density at radius 2 is 1.58 bits per heavy atom. The third kappa shape index (κ3) is 1.97. The van der Waals surface area contributed by atoms with Gasteiger partial charge in [0.2, 0.25) is 0 Å². The molecule has 1 aromatic heterocycles. The van der Waals surface area contributed by atoms with Gasteiger partial charge < -0.3 is 0 Å². The number of pyridine rings is 1. The van der Waals surface area contributed by atoms with Gasteiger partial charge in [0.25, 0.3) is 0 Å². The van der Waals surface area contributed by atoms with Gasteiger partial charge in [-0.25, -0.2) is 15.8 Å². The molecular formula is C5H5N5O2. The Morgan fingerprint density at radius 3 is 2.00 bits per heavy atom. The number of rotatable bonds is 4. The summed E-state index contributed by atoms with van der Waals surface area (Å²) in [5, 5.41) is 4.82. The first kappa shape index (κ1) is 8.05. The number of nitrogens with zero attached hydrogens (tertiary/aromatic N) is 3. The maximum absolute atomic E-state index is 9.74. The summed E-state index contributed by atoms with van der Waals surface area (Å²) in [5.74, 6) is 0.498. The standard InChI is InChI=1S/C5H5N5O2/c11-9-7-4-2-1-3-5(6-4)8-10-12/h1-3H,(H2,6,7,8,11,12). The van der Waals surface area contributed by atoms with E-state index in [4.69, 9.17) is 0 Å². The lowest BCUT2D eigenvalue weighted by molar-refractivity contribution is 1.17. The molecule has 0 spiro atoms. The first-order valence-electron chi connectivity index (χ1n) is 3.00. The van der Waals surface area contributed by atoms with E-state index in [2.05, 4.69) is 26.4 Å². The van der Waals surface area contributed by atoms with Gasteiger partial charge in [-0.3, -0.25) is 0 Å². The van der Waals surface area contributed by atoms with Crippen LogP contribution in [0.3, 0.4) is 0 Å². The molecule has 0 saturated carbocycles. The maximum atomic E-state index is 9.74. The fraction of sp³-hybridized carbons (Fsp3) is 0. The van der Waals surface area contributed by atoms with Crippen molar-refractivity contribution < 1.29 is 0 Å². The molecule has 0 aliphatic rings. The Kier molecular flexibility index (Phi) is 2.66. The van der Waals surface area contributed by atoms with Crippen LogP contribution in [0.1, 0.15) is 0 Å². The zero-order valence-electron chi connectivity index (χ0n) is 5.89. The molecule has 2 N–H and O–H groups in total. The Bertz CT molecular complexity index is 264. The average Bonchev–Trinajstić information content (AvgIpc) is 2.06. The van der Waals surface area contributed by atoms with E-state index in [0.717, 1.165) is 0 Å². The minimum atomic E-state index is 0.249. The molecule has 1 rings (SSSR count). The summed E-state index contributed by atoms with van der Waals surface area (Å²) >= 11 is 0. The van der Waals surface area contributed by atoms with Gasteiger partial charge in [-0.15, -0.1) is 9.81 Å². The minimum absolute atomic E-state index is 0.249. The number of aromatic nitrogens is 1. The molecule has 7 nitrogen and oxygen atoms in total. The van der Waals surface area contributed by atoms with Crippen LogP contribution in [0.25, 0.3) is 0 Å². The van der Waals surface area contributed by atoms with Crippen LogP contribution in [0.4, 0.5) is 11.6 Å². The van der Waals surface area contributed by atoms with Crippen molar-refractivity contribution in [2.24, 2.45) is 10.6 Å². The zero-order chi connectivity index (χ0) is 8.81. The predicted molar refractivity (Wildman–Crippen MR) is 43.1 cm³/mol. The molecule has 1 aromatic rings. The monoisotopic (exact) mass is 167 g/mol. The van der Waals surface area contributed by atoms with Crippen molar-refractivity contribution in [1.82, 2.24) is 4.98 Å². The second-order valence-corrected chi connectivity index (χ2v) is 1.81. The van der Waals surface area contributed by atoms with Crippen molar-refractivity contribution in [3.05, 3.63) is 28.0 Å². The van der Waals surface area contributed by atoms with Crippen LogP contribution in [0.15, 0.2) is 28.8 Å². The highest BCUT2D eigenvalue weighted by atomic mass is 16.3. The van der Waals surface area contributed by atoms with Gasteiger partial charge in [-0.05, 0) is 12.1 Å². The molecule has 0 bridgehead atoms. The van der Waals surface area contributed by atoms with E-state index in [-0.39, 0.29) is 11.6 Å². The van der Waals surface area contributed by atoms with E-state index >= 15 is 0 Å². The summed E-state index contributed by atoms with van der Waals surface area (Å²) in [7, 11) is 0.